The van der Waals surface area contributed by atoms with E-state index in [2.05, 4.69) is 268 Å². The van der Waals surface area contributed by atoms with E-state index in [0.717, 1.165) is 107 Å². The lowest BCUT2D eigenvalue weighted by Gasteiger charge is -2.32. The van der Waals surface area contributed by atoms with Gasteiger partial charge in [0.25, 0.3) is 0 Å². The Hall–Kier alpha value is -16.0. The summed E-state index contributed by atoms with van der Waals surface area (Å²) in [5.74, 6) is 0. The molecule has 7 heterocycles. The molecule has 22 heteroatoms. The maximum absolute atomic E-state index is 7.71. The smallest absolute Gasteiger partial charge is 0.227 e. The van der Waals surface area contributed by atoms with Crippen molar-refractivity contribution in [3.05, 3.63) is 327 Å². The standard InChI is InChI=1S/C23H17N5O.C21H22N4.C20H20N4.C19H18N4.C18H16N4/c1-13-11-16-15-7-6-10-26-23(15)29-20(16)12-19(13)28-14(2)27(5)18-9-8-17(24-3)21(25-4)22(18)28;1-12-11-13(2)20(15(4)14(12)3)25-16(5)24(8)18-10-9-17(22-6)19(23-7)21(18)25;1-12-8-9-13(2)19(14(12)3)24-15(4)23(7)17-11-10-16(21-5)18(22-6)20(17)24;1-12-7-8-13(2)17(9-12)23-14(3)22(6)18-11-15(20-4)10-16(21-5)19(18)23;1-12-8-6-7-9-16(12)22-13(2)21(5)17-11-14(19-3)10-15(20-4)18(17)22/h6-12,14H,1-2,5H3;9-11,16H,1-5,8H3;8-11,15H,1-4,7H3;7-11,14H,1-3,6H3;6-11,13H,1-2,5H3/t14-;16-;15-;14-;13-/m00000/s1. The topological polar surface area (TPSA) is 102 Å². The van der Waals surface area contributed by atoms with Gasteiger partial charge in [-0.3, -0.25) is 14.5 Å². The Kier molecular flexibility index (Phi) is 23.4. The minimum atomic E-state index is -0.00913. The summed E-state index contributed by atoms with van der Waals surface area (Å²) in [7, 11) is 10.1. The van der Waals surface area contributed by atoms with Crippen LogP contribution in [-0.4, -0.2) is 71.1 Å². The largest absolute Gasteiger partial charge is 0.438 e. The molecule has 608 valence electrons. The van der Waals surface area contributed by atoms with Crippen LogP contribution >= 0.6 is 0 Å². The summed E-state index contributed by atoms with van der Waals surface area (Å²) in [6, 6.07) is 47.2. The van der Waals surface area contributed by atoms with Crippen LogP contribution in [0.3, 0.4) is 0 Å². The molecule has 17 rings (SSSR count). The zero-order chi connectivity index (χ0) is 88.9. The molecule has 10 aromatic carbocycles. The number of anilines is 15. The molecule has 0 radical (unpaired) electrons. The van der Waals surface area contributed by atoms with Crippen molar-refractivity contribution >= 4 is 164 Å². The summed E-state index contributed by atoms with van der Waals surface area (Å²) in [5.41, 5.74) is 33.7. The highest BCUT2D eigenvalue weighted by atomic mass is 16.3. The Morgan fingerprint density at radius 1 is 0.276 bits per heavy atom. The average molecular weight is 1620 g/mol. The van der Waals surface area contributed by atoms with E-state index in [1.54, 1.807) is 36.5 Å². The van der Waals surface area contributed by atoms with E-state index in [1.165, 1.54) is 55.6 Å². The normalized spacial score (nSPS) is 15.8. The lowest BCUT2D eigenvalue weighted by molar-refractivity contribution is 0.653. The van der Waals surface area contributed by atoms with Gasteiger partial charge in [0.2, 0.25) is 34.2 Å². The van der Waals surface area contributed by atoms with Gasteiger partial charge in [-0.25, -0.2) is 38.9 Å². The molecule has 5 atom stereocenters. The predicted molar refractivity (Wildman–Crippen MR) is 504 cm³/mol. The number of furan rings is 1. The predicted octanol–water partition coefficient (Wildman–Crippen LogP) is 28.3. The fourth-order valence-electron chi connectivity index (χ4n) is 17.5. The number of hydrogen-bond acceptors (Lipinski definition) is 12. The molecule has 0 saturated carbocycles. The quantitative estimate of drug-likeness (QED) is 0.153. The number of fused-ring (bicyclic) bond motifs is 8. The fourth-order valence-corrected chi connectivity index (χ4v) is 17.5. The monoisotopic (exact) mass is 1620 g/mol. The Morgan fingerprint density at radius 2 is 0.683 bits per heavy atom. The van der Waals surface area contributed by atoms with Crippen molar-refractivity contribution in [2.24, 2.45) is 0 Å². The Balaban J connectivity index is 0.000000133. The van der Waals surface area contributed by atoms with Crippen molar-refractivity contribution in [2.75, 3.05) is 84.2 Å². The van der Waals surface area contributed by atoms with Crippen LogP contribution in [0, 0.1) is 142 Å². The first kappa shape index (κ1) is 84.9. The van der Waals surface area contributed by atoms with Gasteiger partial charge in [-0.05, 0) is 245 Å². The first-order valence-corrected chi connectivity index (χ1v) is 40.1. The Morgan fingerprint density at radius 3 is 1.15 bits per heavy atom. The summed E-state index contributed by atoms with van der Waals surface area (Å²) < 4.78 is 6.00. The number of nitrogens with zero attached hydrogens (tertiary/aromatic N) is 21. The Bertz CT molecular complexity index is 6840. The van der Waals surface area contributed by atoms with Crippen molar-refractivity contribution in [3.8, 4) is 0 Å². The molecule has 0 bridgehead atoms. The van der Waals surface area contributed by atoms with E-state index in [0.29, 0.717) is 62.6 Å². The molecule has 0 saturated heterocycles. The lowest BCUT2D eigenvalue weighted by Crippen LogP contribution is -2.36. The molecule has 0 amide bonds. The van der Waals surface area contributed by atoms with Gasteiger partial charge < -0.3 is 53.4 Å². The number of para-hydroxylation sites is 1. The van der Waals surface area contributed by atoms with Gasteiger partial charge in [-0.15, -0.1) is 0 Å². The summed E-state index contributed by atoms with van der Waals surface area (Å²) in [5, 5.41) is 2.01. The summed E-state index contributed by atoms with van der Waals surface area (Å²) in [6.45, 7) is 109. The van der Waals surface area contributed by atoms with Gasteiger partial charge >= 0.3 is 0 Å². The summed E-state index contributed by atoms with van der Waals surface area (Å²) in [4.78, 5) is 62.2. The molecule has 5 aliphatic rings. The summed E-state index contributed by atoms with van der Waals surface area (Å²) in [6.07, 6.45) is 2.06. The maximum Gasteiger partial charge on any atom is 0.227 e. The van der Waals surface area contributed by atoms with E-state index in [4.69, 9.17) is 70.1 Å². The molecule has 2 aromatic heterocycles. The van der Waals surface area contributed by atoms with E-state index < -0.39 is 0 Å². The molecule has 0 unspecified atom stereocenters. The number of benzene rings is 10. The number of aryl methyl sites for hydroxylation is 8. The second-order valence-electron chi connectivity index (χ2n) is 31.7. The second kappa shape index (κ2) is 33.8. The first-order valence-electron chi connectivity index (χ1n) is 40.1. The third kappa shape index (κ3) is 14.3. The van der Waals surface area contributed by atoms with Gasteiger partial charge in [-0.2, -0.15) is 0 Å². The zero-order valence-corrected chi connectivity index (χ0v) is 73.1. The third-order valence-corrected chi connectivity index (χ3v) is 24.9. The molecule has 0 fully saturated rings. The van der Waals surface area contributed by atoms with Crippen LogP contribution in [0.5, 0.6) is 0 Å². The average Bonchev–Trinajstić information content (AvgIpc) is 1.62. The fraction of sp³-hybridized carbons (Fsp3) is 0.257. The van der Waals surface area contributed by atoms with Crippen LogP contribution in [0.1, 0.15) is 95.8 Å². The van der Waals surface area contributed by atoms with Crippen molar-refractivity contribution < 1.29 is 4.42 Å². The van der Waals surface area contributed by atoms with E-state index in [1.807, 2.05) is 95.9 Å². The Labute approximate surface area is 722 Å². The van der Waals surface area contributed by atoms with Gasteiger partial charge in [0.15, 0.2) is 28.4 Å². The molecular weight excluding hydrogens is 1520 g/mol. The summed E-state index contributed by atoms with van der Waals surface area (Å²) >= 11 is 0. The van der Waals surface area contributed by atoms with Crippen molar-refractivity contribution in [2.45, 2.75) is 142 Å². The molecule has 0 aliphatic carbocycles. The molecule has 22 nitrogen and oxygen atoms in total. The van der Waals surface area contributed by atoms with Crippen LogP contribution < -0.4 is 49.0 Å². The highest BCUT2D eigenvalue weighted by molar-refractivity contribution is 6.08. The molecule has 0 spiro atoms. The molecule has 5 aliphatic heterocycles. The molecule has 12 aromatic rings. The number of rotatable bonds is 5. The maximum atomic E-state index is 7.71. The van der Waals surface area contributed by atoms with E-state index in [9.17, 15) is 0 Å². The highest BCUT2D eigenvalue weighted by Crippen LogP contribution is 2.59. The number of hydrogen-bond donors (Lipinski definition) is 0. The van der Waals surface area contributed by atoms with Crippen molar-refractivity contribution in [3.63, 3.8) is 0 Å². The first-order chi connectivity index (χ1) is 58.8. The SMILES string of the molecule is [C-]#[N+]c1cc([N+]#[C-])c2c(c1)N(C)[C@H](C)N2c1cc(C)ccc1C.[C-]#[N+]c1cc([N+]#[C-])c2c(c1)N(C)[C@H](C)N2c1ccccc1C.[C-]#[N+]c1ccc2c(c1[N+]#[C-])N(c1c(C)cc(C)c(C)c1C)[C@@H](C)N2C.[C-]#[N+]c1ccc2c(c1[N+]#[C-])N(c1c(C)ccc(C)c1C)[C@@H](C)N2C.[C-]#[N+]c1ccc2c(c1[N+]#[C-])N(c1cc3oc4ncccc4c3cc1C)[C@@H](C)N2C. The third-order valence-electron chi connectivity index (χ3n) is 24.9. The lowest BCUT2D eigenvalue weighted by atomic mass is 9.97. The van der Waals surface area contributed by atoms with Gasteiger partial charge in [0.1, 0.15) is 36.4 Å². The van der Waals surface area contributed by atoms with E-state index >= 15 is 0 Å². The van der Waals surface area contributed by atoms with Crippen LogP contribution in [0.2, 0.25) is 0 Å². The van der Waals surface area contributed by atoms with E-state index in [-0.39, 0.29) is 30.8 Å². The van der Waals surface area contributed by atoms with Gasteiger partial charge in [0.05, 0.1) is 94.2 Å². The van der Waals surface area contributed by atoms with Gasteiger partial charge in [-0.1, -0.05) is 66.7 Å². The van der Waals surface area contributed by atoms with Gasteiger partial charge in [0, 0.05) is 115 Å². The minimum Gasteiger partial charge on any atom is -0.438 e. The second-order valence-corrected chi connectivity index (χ2v) is 31.7. The van der Waals surface area contributed by atoms with Crippen molar-refractivity contribution in [1.82, 2.24) is 4.98 Å². The van der Waals surface area contributed by atoms with Crippen LogP contribution in [0.4, 0.5) is 142 Å². The zero-order valence-electron chi connectivity index (χ0n) is 73.1. The highest BCUT2D eigenvalue weighted by Gasteiger charge is 2.42. The van der Waals surface area contributed by atoms with Crippen molar-refractivity contribution in [1.29, 1.82) is 0 Å². The van der Waals surface area contributed by atoms with Crippen LogP contribution in [0.15, 0.2) is 156 Å². The number of pyridine rings is 1. The molecule has 0 N–H and O–H groups in total. The molecular formula is C101H93N21O. The molecule has 123 heavy (non-hydrogen) atoms. The minimum absolute atomic E-state index is 0.00913. The van der Waals surface area contributed by atoms with Crippen LogP contribution in [0.25, 0.3) is 70.5 Å². The van der Waals surface area contributed by atoms with Crippen LogP contribution in [-0.2, 0) is 0 Å². The number of aromatic nitrogens is 1.